The molecule has 5 nitrogen and oxygen atoms in total. The predicted octanol–water partition coefficient (Wildman–Crippen LogP) is 2.23. The molecule has 0 saturated heterocycles. The topological polar surface area (TPSA) is 62.5 Å². The van der Waals surface area contributed by atoms with Crippen LogP contribution >= 0.6 is 0 Å². The molecule has 0 spiro atoms. The van der Waals surface area contributed by atoms with Gasteiger partial charge >= 0.3 is 0 Å². The first-order chi connectivity index (χ1) is 9.20. The van der Waals surface area contributed by atoms with Crippen molar-refractivity contribution in [2.45, 2.75) is 51.7 Å². The fourth-order valence-electron chi connectivity index (χ4n) is 1.99. The lowest BCUT2D eigenvalue weighted by Crippen LogP contribution is -2.28. The van der Waals surface area contributed by atoms with Gasteiger partial charge in [-0.15, -0.1) is 0 Å². The van der Waals surface area contributed by atoms with Crippen LogP contribution in [0.4, 0.5) is 0 Å². The Labute approximate surface area is 122 Å². The molecule has 1 heterocycles. The smallest absolute Gasteiger partial charge is 0.244 e. The van der Waals surface area contributed by atoms with Gasteiger partial charge in [0.05, 0.1) is 6.61 Å². The molecule has 0 bridgehead atoms. The van der Waals surface area contributed by atoms with Crippen LogP contribution in [0.15, 0.2) is 17.2 Å². The Balaban J connectivity index is 3.03. The second-order valence-corrected chi connectivity index (χ2v) is 7.88. The second kappa shape index (κ2) is 6.74. The Bertz CT molecular complexity index is 533. The molecule has 0 aliphatic carbocycles. The van der Waals surface area contributed by atoms with Crippen molar-refractivity contribution >= 4 is 10.0 Å². The van der Waals surface area contributed by atoms with Gasteiger partial charge in [-0.2, -0.15) is 0 Å². The average molecular weight is 302 g/mol. The van der Waals surface area contributed by atoms with E-state index >= 15 is 0 Å². The molecule has 0 unspecified atom stereocenters. The first-order valence-electron chi connectivity index (χ1n) is 6.98. The van der Waals surface area contributed by atoms with Crippen molar-refractivity contribution in [2.24, 2.45) is 5.92 Å². The summed E-state index contributed by atoms with van der Waals surface area (Å²) >= 11 is 0. The fourth-order valence-corrected chi connectivity index (χ4v) is 3.22. The lowest BCUT2D eigenvalue weighted by atomic mass is 10.1. The van der Waals surface area contributed by atoms with Crippen LogP contribution in [0.5, 0.6) is 0 Å². The summed E-state index contributed by atoms with van der Waals surface area (Å²) in [5.41, 5.74) is 0.621. The molecule has 20 heavy (non-hydrogen) atoms. The molecule has 0 aromatic carbocycles. The summed E-state index contributed by atoms with van der Waals surface area (Å²) in [7, 11) is -1.88. The molecular weight excluding hydrogens is 276 g/mol. The molecule has 0 fully saturated rings. The van der Waals surface area contributed by atoms with Crippen molar-refractivity contribution in [1.82, 2.24) is 8.87 Å². The molecule has 1 aromatic heterocycles. The molecule has 0 amide bonds. The van der Waals surface area contributed by atoms with Crippen molar-refractivity contribution in [2.75, 3.05) is 13.6 Å². The normalized spacial score (nSPS) is 12.8. The highest BCUT2D eigenvalue weighted by Gasteiger charge is 2.24. The summed E-state index contributed by atoms with van der Waals surface area (Å²) < 4.78 is 28.1. The minimum atomic E-state index is -3.48. The number of aliphatic hydroxyl groups is 1. The van der Waals surface area contributed by atoms with Gasteiger partial charge in [0, 0.05) is 31.5 Å². The summed E-state index contributed by atoms with van der Waals surface area (Å²) in [6.07, 6.45) is 2.44. The van der Waals surface area contributed by atoms with Crippen LogP contribution in [0.1, 0.15) is 45.9 Å². The van der Waals surface area contributed by atoms with E-state index < -0.39 is 10.0 Å². The number of nitrogens with zero attached hydrogens (tertiary/aromatic N) is 2. The summed E-state index contributed by atoms with van der Waals surface area (Å²) in [5, 5.41) is 9.33. The van der Waals surface area contributed by atoms with Crippen molar-refractivity contribution in [1.29, 1.82) is 0 Å². The highest BCUT2D eigenvalue weighted by molar-refractivity contribution is 7.89. The first-order valence-corrected chi connectivity index (χ1v) is 8.42. The summed E-state index contributed by atoms with van der Waals surface area (Å²) in [6.45, 7) is 8.39. The first kappa shape index (κ1) is 17.2. The lowest BCUT2D eigenvalue weighted by molar-refractivity contribution is 0.268. The number of aliphatic hydroxyl groups excluding tert-OH is 1. The Morgan fingerprint density at radius 3 is 2.30 bits per heavy atom. The highest BCUT2D eigenvalue weighted by Crippen LogP contribution is 2.22. The molecule has 0 aliphatic heterocycles. The minimum Gasteiger partial charge on any atom is -0.390 e. The summed E-state index contributed by atoms with van der Waals surface area (Å²) in [4.78, 5) is 0.251. The molecule has 0 saturated carbocycles. The molecule has 0 atom stereocenters. The van der Waals surface area contributed by atoms with E-state index in [0.717, 1.165) is 6.42 Å². The molecule has 116 valence electrons. The fraction of sp³-hybridized carbons (Fsp3) is 0.714. The Kier molecular flexibility index (Phi) is 5.79. The lowest BCUT2D eigenvalue weighted by Gasteiger charge is -2.17. The number of rotatable bonds is 7. The standard InChI is InChI=1S/C14H26N2O3S/c1-11(2)6-7-15(5)20(18,19)14-8-13(10-17)16(9-14)12(3)4/h8-9,11-12,17H,6-7,10H2,1-5H3. The van der Waals surface area contributed by atoms with Gasteiger partial charge in [0.25, 0.3) is 0 Å². The Morgan fingerprint density at radius 1 is 1.30 bits per heavy atom. The quantitative estimate of drug-likeness (QED) is 0.840. The van der Waals surface area contributed by atoms with E-state index in [1.54, 1.807) is 23.9 Å². The summed E-state index contributed by atoms with van der Waals surface area (Å²) in [5.74, 6) is 0.459. The van der Waals surface area contributed by atoms with Crippen molar-refractivity contribution in [3.8, 4) is 0 Å². The van der Waals surface area contributed by atoms with E-state index in [4.69, 9.17) is 0 Å². The van der Waals surface area contributed by atoms with Crippen LogP contribution in [-0.2, 0) is 16.6 Å². The van der Waals surface area contributed by atoms with Crippen molar-refractivity contribution in [3.63, 3.8) is 0 Å². The van der Waals surface area contributed by atoms with Gasteiger partial charge in [0.2, 0.25) is 10.0 Å². The monoisotopic (exact) mass is 302 g/mol. The molecule has 1 aromatic rings. The van der Waals surface area contributed by atoms with Gasteiger partial charge < -0.3 is 9.67 Å². The molecule has 0 radical (unpaired) electrons. The maximum Gasteiger partial charge on any atom is 0.244 e. The number of aromatic nitrogens is 1. The van der Waals surface area contributed by atoms with Gasteiger partial charge in [0.15, 0.2) is 0 Å². The third-order valence-electron chi connectivity index (χ3n) is 3.35. The zero-order valence-corrected chi connectivity index (χ0v) is 13.8. The van der Waals surface area contributed by atoms with E-state index in [0.29, 0.717) is 18.2 Å². The number of hydrogen-bond acceptors (Lipinski definition) is 3. The van der Waals surface area contributed by atoms with Crippen LogP contribution in [0.3, 0.4) is 0 Å². The molecule has 6 heteroatoms. The predicted molar refractivity (Wildman–Crippen MR) is 80.0 cm³/mol. The van der Waals surface area contributed by atoms with Crippen LogP contribution in [-0.4, -0.2) is 36.0 Å². The zero-order valence-electron chi connectivity index (χ0n) is 13.0. The molecule has 1 N–H and O–H groups in total. The van der Waals surface area contributed by atoms with Crippen molar-refractivity contribution in [3.05, 3.63) is 18.0 Å². The van der Waals surface area contributed by atoms with E-state index in [2.05, 4.69) is 13.8 Å². The van der Waals surface area contributed by atoms with Crippen LogP contribution < -0.4 is 0 Å². The molecule has 1 rings (SSSR count). The van der Waals surface area contributed by atoms with Crippen LogP contribution in [0.2, 0.25) is 0 Å². The third-order valence-corrected chi connectivity index (χ3v) is 5.18. The number of hydrogen-bond donors (Lipinski definition) is 1. The van der Waals surface area contributed by atoms with Gasteiger partial charge in [0.1, 0.15) is 4.90 Å². The highest BCUT2D eigenvalue weighted by atomic mass is 32.2. The summed E-state index contributed by atoms with van der Waals surface area (Å²) in [6, 6.07) is 1.67. The Morgan fingerprint density at radius 2 is 1.90 bits per heavy atom. The molecular formula is C14H26N2O3S. The number of sulfonamides is 1. The van der Waals surface area contributed by atoms with Crippen LogP contribution in [0.25, 0.3) is 0 Å². The van der Waals surface area contributed by atoms with Gasteiger partial charge in [-0.3, -0.25) is 0 Å². The average Bonchev–Trinajstić information content (AvgIpc) is 2.80. The zero-order chi connectivity index (χ0) is 15.5. The SMILES string of the molecule is CC(C)CCN(C)S(=O)(=O)c1cc(CO)n(C(C)C)c1. The Hall–Kier alpha value is -0.850. The van der Waals surface area contributed by atoms with Gasteiger partial charge in [-0.05, 0) is 32.3 Å². The van der Waals surface area contributed by atoms with Crippen LogP contribution in [0, 0.1) is 5.92 Å². The maximum absolute atomic E-state index is 12.5. The molecule has 0 aliphatic rings. The van der Waals surface area contributed by atoms with Gasteiger partial charge in [-0.1, -0.05) is 13.8 Å². The van der Waals surface area contributed by atoms with E-state index in [1.807, 2.05) is 13.8 Å². The second-order valence-electron chi connectivity index (χ2n) is 5.84. The van der Waals surface area contributed by atoms with E-state index in [1.165, 1.54) is 4.31 Å². The van der Waals surface area contributed by atoms with E-state index in [-0.39, 0.29) is 17.5 Å². The third kappa shape index (κ3) is 3.84. The minimum absolute atomic E-state index is 0.113. The largest absolute Gasteiger partial charge is 0.390 e. The van der Waals surface area contributed by atoms with Gasteiger partial charge in [-0.25, -0.2) is 12.7 Å². The maximum atomic E-state index is 12.5. The van der Waals surface area contributed by atoms with Crippen molar-refractivity contribution < 1.29 is 13.5 Å². The van der Waals surface area contributed by atoms with E-state index in [9.17, 15) is 13.5 Å².